The van der Waals surface area contributed by atoms with Gasteiger partial charge >= 0.3 is 0 Å². The molecule has 1 fully saturated rings. The summed E-state index contributed by atoms with van der Waals surface area (Å²) in [4.78, 5) is 4.12. The largest absolute Gasteiger partial charge is 0.489 e. The summed E-state index contributed by atoms with van der Waals surface area (Å²) in [7, 11) is 0. The van der Waals surface area contributed by atoms with E-state index in [9.17, 15) is 0 Å². The first-order valence-corrected chi connectivity index (χ1v) is 8.45. The lowest BCUT2D eigenvalue weighted by Crippen LogP contribution is -2.39. The van der Waals surface area contributed by atoms with Gasteiger partial charge in [0.1, 0.15) is 5.75 Å². The first kappa shape index (κ1) is 15.6. The maximum absolute atomic E-state index is 6.35. The van der Waals surface area contributed by atoms with Gasteiger partial charge in [-0.2, -0.15) is 0 Å². The second-order valence-electron chi connectivity index (χ2n) is 6.42. The van der Waals surface area contributed by atoms with E-state index < -0.39 is 0 Å². The van der Waals surface area contributed by atoms with Crippen molar-refractivity contribution in [2.45, 2.75) is 57.7 Å². The maximum atomic E-state index is 6.35. The minimum absolute atomic E-state index is 0.266. The van der Waals surface area contributed by atoms with Crippen LogP contribution in [-0.4, -0.2) is 23.2 Å². The molecule has 4 heteroatoms. The number of aromatic nitrogens is 1. The molecule has 1 N–H and O–H groups in total. The Bertz CT molecular complexity index is 636. The first-order valence-electron chi connectivity index (χ1n) is 8.08. The Balaban J connectivity index is 1.65. The molecular formula is C18H23ClN2O. The van der Waals surface area contributed by atoms with E-state index >= 15 is 0 Å². The van der Waals surface area contributed by atoms with Gasteiger partial charge in [0.25, 0.3) is 0 Å². The SMILES string of the molecule is CC(C)N[C@H]1CC[C@H](Oc2cc3ccncc3cc2Cl)CC1. The average molecular weight is 319 g/mol. The molecule has 1 heterocycles. The minimum Gasteiger partial charge on any atom is -0.489 e. The number of rotatable bonds is 4. The molecule has 118 valence electrons. The van der Waals surface area contributed by atoms with Gasteiger partial charge in [0.15, 0.2) is 0 Å². The number of halogens is 1. The van der Waals surface area contributed by atoms with Gasteiger partial charge in [-0.3, -0.25) is 4.98 Å². The van der Waals surface area contributed by atoms with Crippen molar-refractivity contribution < 1.29 is 4.74 Å². The third-order valence-electron chi connectivity index (χ3n) is 4.23. The Labute approximate surface area is 137 Å². The lowest BCUT2D eigenvalue weighted by atomic mass is 9.92. The summed E-state index contributed by atoms with van der Waals surface area (Å²) in [5.74, 6) is 0.792. The molecule has 0 spiro atoms. The number of hydrogen-bond donors (Lipinski definition) is 1. The van der Waals surface area contributed by atoms with Crippen LogP contribution in [0.3, 0.4) is 0 Å². The lowest BCUT2D eigenvalue weighted by molar-refractivity contribution is 0.138. The molecule has 1 saturated carbocycles. The topological polar surface area (TPSA) is 34.1 Å². The predicted molar refractivity (Wildman–Crippen MR) is 91.7 cm³/mol. The fourth-order valence-corrected chi connectivity index (χ4v) is 3.39. The molecule has 0 radical (unpaired) electrons. The zero-order valence-corrected chi connectivity index (χ0v) is 13.9. The third kappa shape index (κ3) is 3.71. The summed E-state index contributed by atoms with van der Waals surface area (Å²) in [5.41, 5.74) is 0. The molecule has 0 saturated heterocycles. The van der Waals surface area contributed by atoms with Gasteiger partial charge in [-0.1, -0.05) is 25.4 Å². The normalized spacial score (nSPS) is 22.2. The summed E-state index contributed by atoms with van der Waals surface area (Å²) in [6, 6.07) is 7.12. The highest BCUT2D eigenvalue weighted by Gasteiger charge is 2.23. The van der Waals surface area contributed by atoms with Crippen LogP contribution >= 0.6 is 11.6 Å². The van der Waals surface area contributed by atoms with Crippen LogP contribution in [0.1, 0.15) is 39.5 Å². The highest BCUT2D eigenvalue weighted by molar-refractivity contribution is 6.32. The van der Waals surface area contributed by atoms with Gasteiger partial charge < -0.3 is 10.1 Å². The van der Waals surface area contributed by atoms with Crippen LogP contribution in [0.4, 0.5) is 0 Å². The van der Waals surface area contributed by atoms with E-state index in [1.54, 1.807) is 6.20 Å². The minimum atomic E-state index is 0.266. The van der Waals surface area contributed by atoms with Crippen LogP contribution in [0, 0.1) is 0 Å². The molecule has 1 aromatic carbocycles. The van der Waals surface area contributed by atoms with Gasteiger partial charge in [0.05, 0.1) is 11.1 Å². The number of ether oxygens (including phenoxy) is 1. The lowest BCUT2D eigenvalue weighted by Gasteiger charge is -2.31. The van der Waals surface area contributed by atoms with E-state index in [1.807, 2.05) is 24.4 Å². The van der Waals surface area contributed by atoms with E-state index in [4.69, 9.17) is 16.3 Å². The van der Waals surface area contributed by atoms with Crippen molar-refractivity contribution in [3.05, 3.63) is 35.6 Å². The number of pyridine rings is 1. The van der Waals surface area contributed by atoms with Crippen LogP contribution in [-0.2, 0) is 0 Å². The summed E-state index contributed by atoms with van der Waals surface area (Å²) in [5, 5.41) is 6.44. The Hall–Kier alpha value is -1.32. The average Bonchev–Trinajstić information content (AvgIpc) is 2.49. The zero-order chi connectivity index (χ0) is 15.5. The number of nitrogens with zero attached hydrogens (tertiary/aromatic N) is 1. The van der Waals surface area contributed by atoms with Gasteiger partial charge in [-0.05, 0) is 49.3 Å². The summed E-state index contributed by atoms with van der Waals surface area (Å²) < 4.78 is 6.17. The summed E-state index contributed by atoms with van der Waals surface area (Å²) in [6.45, 7) is 4.40. The molecule has 1 aliphatic rings. The maximum Gasteiger partial charge on any atom is 0.138 e. The van der Waals surface area contributed by atoms with Crippen molar-refractivity contribution in [1.82, 2.24) is 10.3 Å². The molecule has 22 heavy (non-hydrogen) atoms. The van der Waals surface area contributed by atoms with E-state index in [2.05, 4.69) is 24.1 Å². The second kappa shape index (κ2) is 6.84. The first-order chi connectivity index (χ1) is 10.6. The van der Waals surface area contributed by atoms with Gasteiger partial charge in [0, 0.05) is 29.9 Å². The molecule has 0 aliphatic heterocycles. The van der Waals surface area contributed by atoms with Gasteiger partial charge in [0.2, 0.25) is 0 Å². The standard InChI is InChI=1S/C18H23ClN2O/c1-12(2)21-15-3-5-16(6-4-15)22-18-10-13-7-8-20-11-14(13)9-17(18)19/h7-12,15-16,21H,3-6H2,1-2H3/t15-,16-. The Morgan fingerprint density at radius 1 is 1.18 bits per heavy atom. The highest BCUT2D eigenvalue weighted by atomic mass is 35.5. The molecule has 0 bridgehead atoms. The Morgan fingerprint density at radius 3 is 2.68 bits per heavy atom. The van der Waals surface area contributed by atoms with E-state index in [0.717, 1.165) is 42.2 Å². The molecule has 0 amide bonds. The van der Waals surface area contributed by atoms with Crippen molar-refractivity contribution in [1.29, 1.82) is 0 Å². The van der Waals surface area contributed by atoms with Crippen LogP contribution < -0.4 is 10.1 Å². The Morgan fingerprint density at radius 2 is 1.95 bits per heavy atom. The van der Waals surface area contributed by atoms with Crippen LogP contribution in [0.25, 0.3) is 10.8 Å². The van der Waals surface area contributed by atoms with Crippen molar-refractivity contribution in [2.24, 2.45) is 0 Å². The molecule has 0 atom stereocenters. The quantitative estimate of drug-likeness (QED) is 0.896. The van der Waals surface area contributed by atoms with Crippen LogP contribution in [0.15, 0.2) is 30.6 Å². The zero-order valence-electron chi connectivity index (χ0n) is 13.2. The van der Waals surface area contributed by atoms with E-state index in [-0.39, 0.29) is 6.10 Å². The molecule has 2 aromatic rings. The van der Waals surface area contributed by atoms with Crippen LogP contribution in [0.5, 0.6) is 5.75 Å². The smallest absolute Gasteiger partial charge is 0.138 e. The van der Waals surface area contributed by atoms with E-state index in [0.29, 0.717) is 17.1 Å². The highest BCUT2D eigenvalue weighted by Crippen LogP contribution is 2.32. The number of hydrogen-bond acceptors (Lipinski definition) is 3. The van der Waals surface area contributed by atoms with Crippen molar-refractivity contribution >= 4 is 22.4 Å². The molecular weight excluding hydrogens is 296 g/mol. The number of benzene rings is 1. The van der Waals surface area contributed by atoms with Gasteiger partial charge in [-0.15, -0.1) is 0 Å². The molecule has 1 aliphatic carbocycles. The van der Waals surface area contributed by atoms with Crippen molar-refractivity contribution in [3.8, 4) is 5.75 Å². The second-order valence-corrected chi connectivity index (χ2v) is 6.83. The predicted octanol–water partition coefficient (Wildman–Crippen LogP) is 4.58. The monoisotopic (exact) mass is 318 g/mol. The van der Waals surface area contributed by atoms with E-state index in [1.165, 1.54) is 0 Å². The Kier molecular flexibility index (Phi) is 4.84. The summed E-state index contributed by atoms with van der Waals surface area (Å²) >= 11 is 6.35. The van der Waals surface area contributed by atoms with Crippen LogP contribution in [0.2, 0.25) is 5.02 Å². The fourth-order valence-electron chi connectivity index (χ4n) is 3.18. The molecule has 3 rings (SSSR count). The molecule has 0 unspecified atom stereocenters. The van der Waals surface area contributed by atoms with Crippen molar-refractivity contribution in [3.63, 3.8) is 0 Å². The molecule has 1 aromatic heterocycles. The van der Waals surface area contributed by atoms with Crippen molar-refractivity contribution in [2.75, 3.05) is 0 Å². The van der Waals surface area contributed by atoms with Gasteiger partial charge in [-0.25, -0.2) is 0 Å². The summed E-state index contributed by atoms with van der Waals surface area (Å²) in [6.07, 6.45) is 8.37. The fraction of sp³-hybridized carbons (Fsp3) is 0.500. The number of fused-ring (bicyclic) bond motifs is 1. The molecule has 3 nitrogen and oxygen atoms in total. The third-order valence-corrected chi connectivity index (χ3v) is 4.52. The number of nitrogens with one attached hydrogen (secondary N) is 1.